The molecular weight excluding hydrogens is 192 g/mol. The van der Waals surface area contributed by atoms with Crippen LogP contribution < -0.4 is 0 Å². The normalized spacial score (nSPS) is 49.1. The molecule has 0 aromatic rings. The van der Waals surface area contributed by atoms with E-state index in [-0.39, 0.29) is 0 Å². The lowest BCUT2D eigenvalue weighted by Crippen LogP contribution is -2.24. The minimum atomic E-state index is 0.881. The third kappa shape index (κ3) is 2.05. The Morgan fingerprint density at radius 1 is 0.875 bits per heavy atom. The summed E-state index contributed by atoms with van der Waals surface area (Å²) in [6.07, 6.45) is 6.02. The Bertz CT molecular complexity index is 230. The van der Waals surface area contributed by atoms with E-state index in [0.29, 0.717) is 0 Å². The quantitative estimate of drug-likeness (QED) is 0.617. The van der Waals surface area contributed by atoms with E-state index >= 15 is 0 Å². The van der Waals surface area contributed by atoms with Crippen LogP contribution in [0.4, 0.5) is 0 Å². The van der Waals surface area contributed by atoms with Crippen molar-refractivity contribution in [1.82, 2.24) is 0 Å². The van der Waals surface area contributed by atoms with Crippen LogP contribution in [-0.4, -0.2) is 0 Å². The van der Waals surface area contributed by atoms with E-state index in [1.54, 1.807) is 0 Å². The maximum atomic E-state index is 2.55. The van der Waals surface area contributed by atoms with E-state index in [1.165, 1.54) is 25.7 Å². The molecule has 0 aliphatic heterocycles. The zero-order valence-electron chi connectivity index (χ0n) is 11.9. The molecule has 0 N–H and O–H groups in total. The fourth-order valence-corrected chi connectivity index (χ4v) is 5.24. The highest BCUT2D eigenvalue weighted by atomic mass is 14.5. The van der Waals surface area contributed by atoms with Crippen molar-refractivity contribution >= 4 is 0 Å². The highest BCUT2D eigenvalue weighted by Crippen LogP contribution is 2.52. The van der Waals surface area contributed by atoms with Crippen molar-refractivity contribution in [2.75, 3.05) is 0 Å². The Labute approximate surface area is 102 Å². The molecule has 2 rings (SSSR count). The van der Waals surface area contributed by atoms with Crippen LogP contribution in [0, 0.1) is 41.4 Å². The molecule has 2 saturated carbocycles. The van der Waals surface area contributed by atoms with Crippen molar-refractivity contribution in [1.29, 1.82) is 0 Å². The summed E-state index contributed by atoms with van der Waals surface area (Å²) in [6, 6.07) is 0. The molecular formula is C16H30. The van der Waals surface area contributed by atoms with Crippen LogP contribution in [0.15, 0.2) is 0 Å². The summed E-state index contributed by atoms with van der Waals surface area (Å²) in [4.78, 5) is 0. The van der Waals surface area contributed by atoms with E-state index in [4.69, 9.17) is 0 Å². The van der Waals surface area contributed by atoms with Crippen LogP contribution in [0.25, 0.3) is 0 Å². The lowest BCUT2D eigenvalue weighted by atomic mass is 9.75. The first-order chi connectivity index (χ1) is 7.52. The summed E-state index contributed by atoms with van der Waals surface area (Å²) in [6.45, 7) is 12.4. The topological polar surface area (TPSA) is 0 Å². The Hall–Kier alpha value is 0. The van der Waals surface area contributed by atoms with Crippen LogP contribution >= 0.6 is 0 Å². The first-order valence-electron chi connectivity index (χ1n) is 7.52. The fourth-order valence-electron chi connectivity index (χ4n) is 5.24. The van der Waals surface area contributed by atoms with E-state index in [0.717, 1.165) is 41.4 Å². The standard InChI is InChI=1S/C16H30/c1-10(2)16-12(4)9-15(13(16)5)14-8-6-7-11(14)3/h10-16H,6-9H2,1-5H3. The third-order valence-corrected chi connectivity index (χ3v) is 5.83. The molecule has 0 bridgehead atoms. The highest BCUT2D eigenvalue weighted by Gasteiger charge is 2.44. The van der Waals surface area contributed by atoms with Gasteiger partial charge in [0.1, 0.15) is 0 Å². The lowest BCUT2D eigenvalue weighted by Gasteiger charge is -2.30. The van der Waals surface area contributed by atoms with Gasteiger partial charge in [-0.1, -0.05) is 47.5 Å². The predicted molar refractivity (Wildman–Crippen MR) is 71.3 cm³/mol. The van der Waals surface area contributed by atoms with Crippen LogP contribution in [0.1, 0.15) is 60.3 Å². The molecule has 2 aliphatic carbocycles. The number of hydrogen-bond acceptors (Lipinski definition) is 0. The molecule has 0 aromatic heterocycles. The number of rotatable bonds is 2. The summed E-state index contributed by atoms with van der Waals surface area (Å²) in [5.74, 6) is 6.91. The van der Waals surface area contributed by atoms with Gasteiger partial charge in [-0.05, 0) is 54.3 Å². The average molecular weight is 222 g/mol. The summed E-state index contributed by atoms with van der Waals surface area (Å²) in [5.41, 5.74) is 0. The molecule has 0 radical (unpaired) electrons. The molecule has 0 nitrogen and oxygen atoms in total. The molecule has 6 unspecified atom stereocenters. The van der Waals surface area contributed by atoms with Crippen molar-refractivity contribution in [3.05, 3.63) is 0 Å². The largest absolute Gasteiger partial charge is 0.0625 e. The van der Waals surface area contributed by atoms with E-state index in [1.807, 2.05) is 0 Å². The van der Waals surface area contributed by atoms with Gasteiger partial charge in [-0.25, -0.2) is 0 Å². The Kier molecular flexibility index (Phi) is 3.66. The SMILES string of the molecule is CC(C)C1C(C)CC(C2CCCC2C)C1C. The van der Waals surface area contributed by atoms with Crippen LogP contribution in [0.2, 0.25) is 0 Å². The Balaban J connectivity index is 2.07. The fraction of sp³-hybridized carbons (Fsp3) is 1.00. The molecule has 0 spiro atoms. The van der Waals surface area contributed by atoms with Gasteiger partial charge in [-0.3, -0.25) is 0 Å². The molecule has 94 valence electrons. The predicted octanol–water partition coefficient (Wildman–Crippen LogP) is 4.99. The molecule has 0 aromatic carbocycles. The smallest absolute Gasteiger partial charge is 0.0337 e. The zero-order valence-corrected chi connectivity index (χ0v) is 11.9. The summed E-state index contributed by atoms with van der Waals surface area (Å²) in [7, 11) is 0. The van der Waals surface area contributed by atoms with E-state index in [9.17, 15) is 0 Å². The summed E-state index contributed by atoms with van der Waals surface area (Å²) < 4.78 is 0. The molecule has 2 fully saturated rings. The zero-order chi connectivity index (χ0) is 11.9. The molecule has 6 atom stereocenters. The molecule has 0 saturated heterocycles. The van der Waals surface area contributed by atoms with Gasteiger partial charge < -0.3 is 0 Å². The van der Waals surface area contributed by atoms with Gasteiger partial charge in [-0.2, -0.15) is 0 Å². The Morgan fingerprint density at radius 2 is 1.56 bits per heavy atom. The Morgan fingerprint density at radius 3 is 2.00 bits per heavy atom. The molecule has 2 aliphatic rings. The average Bonchev–Trinajstić information content (AvgIpc) is 2.70. The van der Waals surface area contributed by atoms with Crippen molar-refractivity contribution in [2.24, 2.45) is 41.4 Å². The second-order valence-corrected chi connectivity index (χ2v) is 7.13. The van der Waals surface area contributed by atoms with Crippen molar-refractivity contribution in [2.45, 2.75) is 60.3 Å². The third-order valence-electron chi connectivity index (χ3n) is 5.83. The number of hydrogen-bond donors (Lipinski definition) is 0. The van der Waals surface area contributed by atoms with Crippen molar-refractivity contribution in [3.63, 3.8) is 0 Å². The van der Waals surface area contributed by atoms with Crippen molar-refractivity contribution in [3.8, 4) is 0 Å². The summed E-state index contributed by atoms with van der Waals surface area (Å²) >= 11 is 0. The molecule has 16 heavy (non-hydrogen) atoms. The van der Waals surface area contributed by atoms with Crippen LogP contribution in [0.5, 0.6) is 0 Å². The lowest BCUT2D eigenvalue weighted by molar-refractivity contribution is 0.183. The molecule has 0 heterocycles. The van der Waals surface area contributed by atoms with Gasteiger partial charge in [0.2, 0.25) is 0 Å². The summed E-state index contributed by atoms with van der Waals surface area (Å²) in [5, 5.41) is 0. The van der Waals surface area contributed by atoms with E-state index < -0.39 is 0 Å². The van der Waals surface area contributed by atoms with Crippen LogP contribution in [0.3, 0.4) is 0 Å². The van der Waals surface area contributed by atoms with Gasteiger partial charge in [0.25, 0.3) is 0 Å². The van der Waals surface area contributed by atoms with Gasteiger partial charge in [0, 0.05) is 0 Å². The van der Waals surface area contributed by atoms with Gasteiger partial charge in [-0.15, -0.1) is 0 Å². The van der Waals surface area contributed by atoms with Gasteiger partial charge in [0.05, 0.1) is 0 Å². The minimum Gasteiger partial charge on any atom is -0.0625 e. The monoisotopic (exact) mass is 222 g/mol. The molecule has 0 amide bonds. The van der Waals surface area contributed by atoms with Gasteiger partial charge in [0.15, 0.2) is 0 Å². The van der Waals surface area contributed by atoms with Crippen molar-refractivity contribution < 1.29 is 0 Å². The highest BCUT2D eigenvalue weighted by molar-refractivity contribution is 4.94. The minimum absolute atomic E-state index is 0.881. The molecule has 0 heteroatoms. The van der Waals surface area contributed by atoms with Crippen LogP contribution in [-0.2, 0) is 0 Å². The maximum absolute atomic E-state index is 2.55. The first kappa shape index (κ1) is 12.5. The second-order valence-electron chi connectivity index (χ2n) is 7.13. The van der Waals surface area contributed by atoms with Gasteiger partial charge >= 0.3 is 0 Å². The van der Waals surface area contributed by atoms with E-state index in [2.05, 4.69) is 34.6 Å². The first-order valence-corrected chi connectivity index (χ1v) is 7.52. The maximum Gasteiger partial charge on any atom is -0.0337 e. The second kappa shape index (κ2) is 4.70.